The number of fused-ring (bicyclic) bond motifs is 3. The van der Waals surface area contributed by atoms with Crippen molar-refractivity contribution in [2.75, 3.05) is 13.7 Å². The summed E-state index contributed by atoms with van der Waals surface area (Å²) < 4.78 is 12.6. The Labute approximate surface area is 162 Å². The van der Waals surface area contributed by atoms with E-state index in [-0.39, 0.29) is 18.4 Å². The number of amides is 1. The summed E-state index contributed by atoms with van der Waals surface area (Å²) in [5.74, 6) is -0.621. The number of pyridine rings is 1. The Bertz CT molecular complexity index is 1040. The zero-order chi connectivity index (χ0) is 19.7. The van der Waals surface area contributed by atoms with Crippen molar-refractivity contribution in [3.05, 3.63) is 59.5 Å². The molecule has 4 rings (SSSR count). The molecule has 1 unspecified atom stereocenters. The molecular weight excluding hydrogens is 358 g/mol. The smallest absolute Gasteiger partial charge is 0.343 e. The molecule has 1 aliphatic carbocycles. The van der Waals surface area contributed by atoms with Crippen LogP contribution in [0, 0.1) is 0 Å². The van der Waals surface area contributed by atoms with Crippen LogP contribution in [0.25, 0.3) is 10.9 Å². The highest BCUT2D eigenvalue weighted by molar-refractivity contribution is 5.97. The fourth-order valence-electron chi connectivity index (χ4n) is 3.98. The summed E-state index contributed by atoms with van der Waals surface area (Å²) in [6.45, 7) is 0.436. The van der Waals surface area contributed by atoms with Gasteiger partial charge in [0.15, 0.2) is 6.61 Å². The molecule has 28 heavy (non-hydrogen) atoms. The van der Waals surface area contributed by atoms with Crippen LogP contribution in [0.5, 0.6) is 5.75 Å². The van der Waals surface area contributed by atoms with Crippen LogP contribution in [-0.4, -0.2) is 35.1 Å². The summed E-state index contributed by atoms with van der Waals surface area (Å²) in [6, 6.07) is 9.59. The van der Waals surface area contributed by atoms with Gasteiger partial charge < -0.3 is 19.8 Å². The van der Waals surface area contributed by atoms with Gasteiger partial charge >= 0.3 is 5.97 Å². The molecule has 0 spiro atoms. The molecule has 0 saturated heterocycles. The summed E-state index contributed by atoms with van der Waals surface area (Å²) in [4.78, 5) is 27.8. The number of hydrogen-bond donors (Lipinski definition) is 1. The molecule has 2 heterocycles. The van der Waals surface area contributed by atoms with E-state index >= 15 is 0 Å². The van der Waals surface area contributed by atoms with Gasteiger partial charge in [0.25, 0.3) is 0 Å². The number of aromatic nitrogens is 2. The van der Waals surface area contributed by atoms with Crippen LogP contribution in [0.2, 0.25) is 0 Å². The standard InChI is InChI=1S/C21H21N3O4/c1-27-18(25)12-28-17-6-2-5-15-20(17)19-14(21(22)26)7-8-16(19)24(15)11-13-4-3-9-23-10-13/h2-6,9-10,14H,7-8,11-12H2,1H3,(H2,22,26). The van der Waals surface area contributed by atoms with Crippen molar-refractivity contribution in [3.63, 3.8) is 0 Å². The van der Waals surface area contributed by atoms with E-state index in [9.17, 15) is 9.59 Å². The number of carbonyl (C=O) groups is 2. The molecule has 2 aromatic heterocycles. The summed E-state index contributed by atoms with van der Waals surface area (Å²) >= 11 is 0. The molecule has 1 amide bonds. The van der Waals surface area contributed by atoms with Gasteiger partial charge in [0.1, 0.15) is 5.75 Å². The monoisotopic (exact) mass is 379 g/mol. The first-order valence-corrected chi connectivity index (χ1v) is 9.12. The number of nitrogens with two attached hydrogens (primary N) is 1. The maximum Gasteiger partial charge on any atom is 0.343 e. The lowest BCUT2D eigenvalue weighted by Gasteiger charge is -2.12. The van der Waals surface area contributed by atoms with Gasteiger partial charge in [0.05, 0.1) is 18.5 Å². The van der Waals surface area contributed by atoms with Crippen LogP contribution in [0.15, 0.2) is 42.7 Å². The maximum atomic E-state index is 12.1. The molecule has 7 nitrogen and oxygen atoms in total. The third-order valence-corrected chi connectivity index (χ3v) is 5.20. The highest BCUT2D eigenvalue weighted by atomic mass is 16.6. The molecule has 0 aliphatic heterocycles. The highest BCUT2D eigenvalue weighted by Gasteiger charge is 2.34. The minimum absolute atomic E-state index is 0.195. The van der Waals surface area contributed by atoms with Gasteiger partial charge in [-0.05, 0) is 42.2 Å². The topological polar surface area (TPSA) is 96.4 Å². The Balaban J connectivity index is 1.86. The number of esters is 1. The van der Waals surface area contributed by atoms with Crippen LogP contribution >= 0.6 is 0 Å². The molecule has 1 atom stereocenters. The van der Waals surface area contributed by atoms with Gasteiger partial charge in [0, 0.05) is 30.0 Å². The zero-order valence-electron chi connectivity index (χ0n) is 15.6. The van der Waals surface area contributed by atoms with E-state index < -0.39 is 5.97 Å². The van der Waals surface area contributed by atoms with E-state index in [1.54, 1.807) is 12.3 Å². The minimum atomic E-state index is -0.463. The van der Waals surface area contributed by atoms with Crippen molar-refractivity contribution < 1.29 is 19.1 Å². The number of carbonyl (C=O) groups excluding carboxylic acids is 2. The number of primary amides is 1. The lowest BCUT2D eigenvalue weighted by molar-refractivity contribution is -0.142. The number of hydrogen-bond acceptors (Lipinski definition) is 5. The highest BCUT2D eigenvalue weighted by Crippen LogP contribution is 2.44. The molecule has 0 saturated carbocycles. The van der Waals surface area contributed by atoms with Gasteiger partial charge in [-0.15, -0.1) is 0 Å². The Morgan fingerprint density at radius 1 is 1.29 bits per heavy atom. The van der Waals surface area contributed by atoms with E-state index in [1.807, 2.05) is 30.5 Å². The SMILES string of the molecule is COC(=O)COc1cccc2c1c1c(n2Cc2cccnc2)CCC1C(N)=O. The predicted octanol–water partition coefficient (Wildman–Crippen LogP) is 2.15. The summed E-state index contributed by atoms with van der Waals surface area (Å²) in [6.07, 6.45) is 5.00. The molecule has 0 bridgehead atoms. The Morgan fingerprint density at radius 2 is 2.14 bits per heavy atom. The molecule has 1 aromatic carbocycles. The third kappa shape index (κ3) is 3.09. The Morgan fingerprint density at radius 3 is 2.86 bits per heavy atom. The van der Waals surface area contributed by atoms with Crippen LogP contribution in [0.3, 0.4) is 0 Å². The van der Waals surface area contributed by atoms with Gasteiger partial charge in [-0.2, -0.15) is 0 Å². The molecule has 0 radical (unpaired) electrons. The fraction of sp³-hybridized carbons (Fsp3) is 0.286. The third-order valence-electron chi connectivity index (χ3n) is 5.20. The van der Waals surface area contributed by atoms with Crippen molar-refractivity contribution in [2.24, 2.45) is 5.73 Å². The lowest BCUT2D eigenvalue weighted by Crippen LogP contribution is -2.19. The number of rotatable bonds is 6. The first-order valence-electron chi connectivity index (χ1n) is 9.12. The second-order valence-corrected chi connectivity index (χ2v) is 6.82. The maximum absolute atomic E-state index is 12.1. The van der Waals surface area contributed by atoms with Crippen molar-refractivity contribution in [2.45, 2.75) is 25.3 Å². The second kappa shape index (κ2) is 7.34. The van der Waals surface area contributed by atoms with E-state index in [4.69, 9.17) is 10.5 Å². The Kier molecular flexibility index (Phi) is 4.73. The first kappa shape index (κ1) is 18.0. The number of methoxy groups -OCH3 is 1. The number of ether oxygens (including phenoxy) is 2. The number of benzene rings is 1. The Hall–Kier alpha value is -3.35. The van der Waals surface area contributed by atoms with Crippen LogP contribution < -0.4 is 10.5 Å². The first-order chi connectivity index (χ1) is 13.6. The molecule has 2 N–H and O–H groups in total. The average molecular weight is 379 g/mol. The quantitative estimate of drug-likeness (QED) is 0.662. The van der Waals surface area contributed by atoms with Crippen molar-refractivity contribution in [3.8, 4) is 5.75 Å². The normalized spacial score (nSPS) is 15.4. The summed E-state index contributed by atoms with van der Waals surface area (Å²) in [5, 5.41) is 0.839. The minimum Gasteiger partial charge on any atom is -0.481 e. The molecule has 1 aliphatic rings. The average Bonchev–Trinajstić information content (AvgIpc) is 3.27. The summed E-state index contributed by atoms with van der Waals surface area (Å²) in [5.41, 5.74) is 9.68. The van der Waals surface area contributed by atoms with Crippen LogP contribution in [0.4, 0.5) is 0 Å². The van der Waals surface area contributed by atoms with Gasteiger partial charge in [-0.25, -0.2) is 4.79 Å². The van der Waals surface area contributed by atoms with Gasteiger partial charge in [-0.1, -0.05) is 12.1 Å². The van der Waals surface area contributed by atoms with E-state index in [0.717, 1.165) is 34.1 Å². The van der Waals surface area contributed by atoms with E-state index in [1.165, 1.54) is 7.11 Å². The number of nitrogens with zero attached hydrogens (tertiary/aromatic N) is 2. The largest absolute Gasteiger partial charge is 0.481 e. The van der Waals surface area contributed by atoms with Crippen LogP contribution in [-0.2, 0) is 27.3 Å². The molecule has 144 valence electrons. The molecule has 3 aromatic rings. The summed E-state index contributed by atoms with van der Waals surface area (Å²) in [7, 11) is 1.32. The van der Waals surface area contributed by atoms with Crippen LogP contribution in [0.1, 0.15) is 29.2 Å². The predicted molar refractivity (Wildman–Crippen MR) is 103 cm³/mol. The van der Waals surface area contributed by atoms with Gasteiger partial charge in [-0.3, -0.25) is 9.78 Å². The molecular formula is C21H21N3O4. The van der Waals surface area contributed by atoms with Gasteiger partial charge in [0.2, 0.25) is 5.91 Å². The molecule has 7 heteroatoms. The second-order valence-electron chi connectivity index (χ2n) is 6.82. The molecule has 0 fully saturated rings. The van der Waals surface area contributed by atoms with Crippen molar-refractivity contribution in [1.29, 1.82) is 0 Å². The van der Waals surface area contributed by atoms with Crippen molar-refractivity contribution in [1.82, 2.24) is 9.55 Å². The lowest BCUT2D eigenvalue weighted by atomic mass is 9.99. The van der Waals surface area contributed by atoms with E-state index in [2.05, 4.69) is 14.3 Å². The van der Waals surface area contributed by atoms with Crippen molar-refractivity contribution >= 4 is 22.8 Å². The zero-order valence-corrected chi connectivity index (χ0v) is 15.6. The van der Waals surface area contributed by atoms with E-state index in [0.29, 0.717) is 18.7 Å². The fourth-order valence-corrected chi connectivity index (χ4v) is 3.98.